The van der Waals surface area contributed by atoms with Gasteiger partial charge in [-0.1, -0.05) is 6.07 Å². The van der Waals surface area contributed by atoms with Crippen LogP contribution in [-0.4, -0.2) is 24.0 Å². The van der Waals surface area contributed by atoms with Crippen LogP contribution in [0.4, 0.5) is 0 Å². The summed E-state index contributed by atoms with van der Waals surface area (Å²) in [6, 6.07) is 3.94. The average molecular weight is 220 g/mol. The third kappa shape index (κ3) is 2.79. The number of likely N-dealkylation sites (tertiary alicyclic amines) is 1. The van der Waals surface area contributed by atoms with E-state index in [9.17, 15) is 9.90 Å². The molecule has 4 heteroatoms. The van der Waals surface area contributed by atoms with Gasteiger partial charge in [-0.05, 0) is 18.9 Å². The van der Waals surface area contributed by atoms with Crippen LogP contribution < -0.4 is 10.0 Å². The number of carbonyl (C=O) groups is 1. The van der Waals surface area contributed by atoms with Gasteiger partial charge in [0, 0.05) is 23.9 Å². The highest BCUT2D eigenvalue weighted by Gasteiger charge is 2.23. The number of piperidine rings is 1. The Morgan fingerprint density at radius 2 is 2.50 bits per heavy atom. The summed E-state index contributed by atoms with van der Waals surface area (Å²) in [5.74, 6) is -1.18. The maximum atomic E-state index is 10.8. The normalized spacial score (nSPS) is 25.2. The number of aliphatic carboxylic acids is 1. The van der Waals surface area contributed by atoms with Crippen LogP contribution in [0.15, 0.2) is 24.5 Å². The van der Waals surface area contributed by atoms with Gasteiger partial charge >= 0.3 is 0 Å². The molecule has 16 heavy (non-hydrogen) atoms. The fourth-order valence-corrected chi connectivity index (χ4v) is 2.30. The van der Waals surface area contributed by atoms with Crippen LogP contribution in [0.3, 0.4) is 0 Å². The van der Waals surface area contributed by atoms with Gasteiger partial charge in [-0.3, -0.25) is 4.98 Å². The van der Waals surface area contributed by atoms with E-state index in [-0.39, 0.29) is 5.92 Å². The number of carboxylic acids is 1. The van der Waals surface area contributed by atoms with E-state index in [4.69, 9.17) is 0 Å². The van der Waals surface area contributed by atoms with Crippen molar-refractivity contribution in [1.82, 2.24) is 4.98 Å². The Bertz CT molecular complexity index is 353. The van der Waals surface area contributed by atoms with Crippen LogP contribution in [0, 0.1) is 5.92 Å². The van der Waals surface area contributed by atoms with Gasteiger partial charge in [0.25, 0.3) is 0 Å². The molecule has 0 spiro atoms. The fraction of sp³-hybridized carbons (Fsp3) is 0.500. The number of nitrogens with zero attached hydrogens (tertiary/aromatic N) is 1. The molecule has 0 radical (unpaired) electrons. The first-order chi connectivity index (χ1) is 7.75. The summed E-state index contributed by atoms with van der Waals surface area (Å²) in [4.78, 5) is 16.2. The lowest BCUT2D eigenvalue weighted by Gasteiger charge is -2.30. The molecule has 1 saturated heterocycles. The molecule has 1 aromatic heterocycles. The first-order valence-corrected chi connectivity index (χ1v) is 5.69. The molecule has 0 amide bonds. The zero-order chi connectivity index (χ0) is 11.4. The molecule has 2 rings (SSSR count). The second kappa shape index (κ2) is 5.07. The van der Waals surface area contributed by atoms with E-state index in [1.807, 2.05) is 18.3 Å². The number of nitrogens with one attached hydrogen (secondary N) is 1. The maximum Gasteiger partial charge on any atom is 0.104 e. The first-order valence-electron chi connectivity index (χ1n) is 5.69. The highest BCUT2D eigenvalue weighted by molar-refractivity contribution is 5.67. The van der Waals surface area contributed by atoms with Gasteiger partial charge in [-0.15, -0.1) is 0 Å². The van der Waals surface area contributed by atoms with Crippen molar-refractivity contribution in [3.63, 3.8) is 0 Å². The van der Waals surface area contributed by atoms with Crippen molar-refractivity contribution in [1.29, 1.82) is 0 Å². The minimum absolute atomic E-state index is 0.277. The molecular formula is C12H16N2O2. The second-order valence-corrected chi connectivity index (χ2v) is 4.40. The van der Waals surface area contributed by atoms with E-state index in [0.29, 0.717) is 6.54 Å². The smallest absolute Gasteiger partial charge is 0.104 e. The molecule has 1 unspecified atom stereocenters. The summed E-state index contributed by atoms with van der Waals surface area (Å²) in [7, 11) is 0. The SMILES string of the molecule is O=C([O-])[C@@H]1CCC[NH+](Cc2cccnc2)C1. The van der Waals surface area contributed by atoms with Crippen LogP contribution in [0.5, 0.6) is 0 Å². The number of carboxylic acid groups (broad SMARTS) is 1. The molecule has 1 aliphatic rings. The van der Waals surface area contributed by atoms with Gasteiger partial charge in [-0.25, -0.2) is 0 Å². The first kappa shape index (κ1) is 11.1. The third-order valence-electron chi connectivity index (χ3n) is 3.13. The van der Waals surface area contributed by atoms with E-state index >= 15 is 0 Å². The lowest BCUT2D eigenvalue weighted by Crippen LogP contribution is -3.12. The van der Waals surface area contributed by atoms with Crippen molar-refractivity contribution < 1.29 is 14.8 Å². The number of rotatable bonds is 3. The molecule has 0 saturated carbocycles. The number of aromatic nitrogens is 1. The summed E-state index contributed by atoms with van der Waals surface area (Å²) >= 11 is 0. The molecule has 1 aromatic rings. The molecule has 86 valence electrons. The lowest BCUT2D eigenvalue weighted by atomic mass is 9.98. The number of pyridine rings is 1. The summed E-state index contributed by atoms with van der Waals surface area (Å²) in [5.41, 5.74) is 1.16. The highest BCUT2D eigenvalue weighted by atomic mass is 16.4. The van der Waals surface area contributed by atoms with Crippen LogP contribution in [0.2, 0.25) is 0 Å². The Morgan fingerprint density at radius 3 is 3.19 bits per heavy atom. The standard InChI is InChI=1S/C12H16N2O2/c15-12(16)11-4-2-6-14(9-11)8-10-3-1-5-13-7-10/h1,3,5,7,11H,2,4,6,8-9H2,(H,15,16)/t11-/m1/s1. The van der Waals surface area contributed by atoms with Crippen molar-refractivity contribution >= 4 is 5.97 Å². The zero-order valence-electron chi connectivity index (χ0n) is 9.19. The largest absolute Gasteiger partial charge is 0.550 e. The number of hydrogen-bond donors (Lipinski definition) is 1. The number of carbonyl (C=O) groups excluding carboxylic acids is 1. The molecule has 2 atom stereocenters. The van der Waals surface area contributed by atoms with E-state index < -0.39 is 5.97 Å². The van der Waals surface area contributed by atoms with E-state index in [1.54, 1.807) is 6.20 Å². The van der Waals surface area contributed by atoms with E-state index in [0.717, 1.165) is 31.5 Å². The monoisotopic (exact) mass is 220 g/mol. The molecule has 0 bridgehead atoms. The summed E-state index contributed by atoms with van der Waals surface area (Å²) in [6.45, 7) is 2.58. The summed E-state index contributed by atoms with van der Waals surface area (Å²) in [5, 5.41) is 10.8. The Hall–Kier alpha value is -1.42. The minimum Gasteiger partial charge on any atom is -0.550 e. The molecule has 1 aliphatic heterocycles. The van der Waals surface area contributed by atoms with Crippen molar-refractivity contribution in [2.75, 3.05) is 13.1 Å². The zero-order valence-corrected chi connectivity index (χ0v) is 9.19. The molecule has 0 aliphatic carbocycles. The van der Waals surface area contributed by atoms with Crippen molar-refractivity contribution in [2.45, 2.75) is 19.4 Å². The predicted octanol–water partition coefficient (Wildman–Crippen LogP) is -1.37. The second-order valence-electron chi connectivity index (χ2n) is 4.40. The van der Waals surface area contributed by atoms with Gasteiger partial charge in [0.2, 0.25) is 0 Å². The molecule has 1 N–H and O–H groups in total. The summed E-state index contributed by atoms with van der Waals surface area (Å²) < 4.78 is 0. The minimum atomic E-state index is -0.900. The van der Waals surface area contributed by atoms with Crippen LogP contribution in [0.25, 0.3) is 0 Å². The van der Waals surface area contributed by atoms with Crippen molar-refractivity contribution in [3.05, 3.63) is 30.1 Å². The van der Waals surface area contributed by atoms with Gasteiger partial charge in [0.1, 0.15) is 6.54 Å². The molecule has 2 heterocycles. The van der Waals surface area contributed by atoms with E-state index in [2.05, 4.69) is 4.98 Å². The Balaban J connectivity index is 1.93. The molecular weight excluding hydrogens is 204 g/mol. The number of hydrogen-bond acceptors (Lipinski definition) is 3. The lowest BCUT2D eigenvalue weighted by molar-refractivity contribution is -0.921. The highest BCUT2D eigenvalue weighted by Crippen LogP contribution is 2.06. The fourth-order valence-electron chi connectivity index (χ4n) is 2.30. The predicted molar refractivity (Wildman–Crippen MR) is 56.4 cm³/mol. The average Bonchev–Trinajstić information content (AvgIpc) is 2.30. The van der Waals surface area contributed by atoms with Gasteiger partial charge in [0.15, 0.2) is 0 Å². The van der Waals surface area contributed by atoms with Crippen LogP contribution in [-0.2, 0) is 11.3 Å². The van der Waals surface area contributed by atoms with Crippen molar-refractivity contribution in [3.8, 4) is 0 Å². The maximum absolute atomic E-state index is 10.8. The molecule has 1 fully saturated rings. The van der Waals surface area contributed by atoms with Crippen molar-refractivity contribution in [2.24, 2.45) is 5.92 Å². The number of quaternary nitrogens is 1. The molecule has 0 aromatic carbocycles. The Morgan fingerprint density at radius 1 is 1.62 bits per heavy atom. The van der Waals surface area contributed by atoms with Crippen LogP contribution >= 0.6 is 0 Å². The van der Waals surface area contributed by atoms with Crippen LogP contribution in [0.1, 0.15) is 18.4 Å². The van der Waals surface area contributed by atoms with Gasteiger partial charge < -0.3 is 14.8 Å². The Labute approximate surface area is 94.9 Å². The van der Waals surface area contributed by atoms with Gasteiger partial charge in [0.05, 0.1) is 19.1 Å². The molecule has 4 nitrogen and oxygen atoms in total. The topological polar surface area (TPSA) is 57.5 Å². The quantitative estimate of drug-likeness (QED) is 0.683. The third-order valence-corrected chi connectivity index (χ3v) is 3.13. The Kier molecular flexibility index (Phi) is 3.51. The summed E-state index contributed by atoms with van der Waals surface area (Å²) in [6.07, 6.45) is 5.32. The van der Waals surface area contributed by atoms with Gasteiger partial charge in [-0.2, -0.15) is 0 Å². The van der Waals surface area contributed by atoms with E-state index in [1.165, 1.54) is 4.90 Å².